The van der Waals surface area contributed by atoms with Gasteiger partial charge in [0.25, 0.3) is 0 Å². The van der Waals surface area contributed by atoms with Crippen molar-refractivity contribution in [2.75, 3.05) is 24.3 Å². The van der Waals surface area contributed by atoms with E-state index in [1.807, 2.05) is 37.2 Å². The fourth-order valence-corrected chi connectivity index (χ4v) is 1.93. The molecular formula is C14H16N6. The van der Waals surface area contributed by atoms with Crippen molar-refractivity contribution in [1.29, 1.82) is 0 Å². The van der Waals surface area contributed by atoms with Gasteiger partial charge in [-0.3, -0.25) is 0 Å². The number of hydrogen-bond donors (Lipinski definition) is 2. The molecule has 6 heteroatoms. The predicted octanol–water partition coefficient (Wildman–Crippen LogP) is 2.03. The van der Waals surface area contributed by atoms with Gasteiger partial charge in [0.2, 0.25) is 5.95 Å². The average molecular weight is 268 g/mol. The van der Waals surface area contributed by atoms with Gasteiger partial charge in [-0.15, -0.1) is 0 Å². The zero-order valence-corrected chi connectivity index (χ0v) is 11.5. The summed E-state index contributed by atoms with van der Waals surface area (Å²) < 4.78 is 0. The summed E-state index contributed by atoms with van der Waals surface area (Å²) in [5, 5.41) is 3.34. The molecule has 3 aromatic rings. The second-order valence-electron chi connectivity index (χ2n) is 4.71. The van der Waals surface area contributed by atoms with Crippen LogP contribution in [0.1, 0.15) is 5.56 Å². The van der Waals surface area contributed by atoms with E-state index >= 15 is 0 Å². The van der Waals surface area contributed by atoms with Crippen LogP contribution >= 0.6 is 0 Å². The van der Waals surface area contributed by atoms with E-state index in [1.165, 1.54) is 5.56 Å². The average Bonchev–Trinajstić information content (AvgIpc) is 2.94. The van der Waals surface area contributed by atoms with Crippen LogP contribution in [0.25, 0.3) is 11.2 Å². The van der Waals surface area contributed by atoms with E-state index in [2.05, 4.69) is 37.4 Å². The number of aromatic nitrogens is 4. The second-order valence-corrected chi connectivity index (χ2v) is 4.71. The summed E-state index contributed by atoms with van der Waals surface area (Å²) in [6.45, 7) is 0.707. The molecule has 0 saturated heterocycles. The Kier molecular flexibility index (Phi) is 3.20. The van der Waals surface area contributed by atoms with Crippen molar-refractivity contribution in [2.45, 2.75) is 6.54 Å². The number of hydrogen-bond acceptors (Lipinski definition) is 5. The normalized spacial score (nSPS) is 10.7. The Hall–Kier alpha value is -2.63. The molecule has 2 aromatic heterocycles. The van der Waals surface area contributed by atoms with Crippen LogP contribution in [0, 0.1) is 0 Å². The first kappa shape index (κ1) is 12.4. The standard InChI is InChI=1S/C14H16N6/c1-20(2)14-18-12(11-13(19-14)17-9-16-11)15-8-10-6-4-3-5-7-10/h3-7,9H,8H2,1-2H3,(H2,15,16,17,18,19). The van der Waals surface area contributed by atoms with Crippen molar-refractivity contribution in [2.24, 2.45) is 0 Å². The van der Waals surface area contributed by atoms with E-state index in [4.69, 9.17) is 0 Å². The highest BCUT2D eigenvalue weighted by Gasteiger charge is 2.10. The molecule has 0 fully saturated rings. The molecule has 0 atom stereocenters. The first-order valence-electron chi connectivity index (χ1n) is 6.40. The highest BCUT2D eigenvalue weighted by Crippen LogP contribution is 2.20. The first-order chi connectivity index (χ1) is 9.74. The fraction of sp³-hybridized carbons (Fsp3) is 0.214. The number of nitrogens with zero attached hydrogens (tertiary/aromatic N) is 4. The molecule has 20 heavy (non-hydrogen) atoms. The number of nitrogens with one attached hydrogen (secondary N) is 2. The van der Waals surface area contributed by atoms with Crippen LogP contribution < -0.4 is 10.2 Å². The van der Waals surface area contributed by atoms with Crippen LogP contribution in [0.15, 0.2) is 36.7 Å². The molecule has 0 aliphatic carbocycles. The van der Waals surface area contributed by atoms with Gasteiger partial charge in [0.1, 0.15) is 5.52 Å². The van der Waals surface area contributed by atoms with Crippen molar-refractivity contribution in [3.05, 3.63) is 42.2 Å². The summed E-state index contributed by atoms with van der Waals surface area (Å²) in [6, 6.07) is 10.2. The Morgan fingerprint density at radius 1 is 1.15 bits per heavy atom. The maximum atomic E-state index is 4.52. The number of rotatable bonds is 4. The maximum absolute atomic E-state index is 4.52. The Labute approximate surface area is 116 Å². The van der Waals surface area contributed by atoms with Crippen LogP contribution in [-0.2, 0) is 6.54 Å². The quantitative estimate of drug-likeness (QED) is 0.757. The van der Waals surface area contributed by atoms with Crippen molar-refractivity contribution >= 4 is 22.9 Å². The molecule has 1 aromatic carbocycles. The lowest BCUT2D eigenvalue weighted by atomic mass is 10.2. The van der Waals surface area contributed by atoms with Crippen molar-refractivity contribution in [3.8, 4) is 0 Å². The van der Waals surface area contributed by atoms with Crippen molar-refractivity contribution < 1.29 is 0 Å². The third-order valence-electron chi connectivity index (χ3n) is 2.98. The number of benzene rings is 1. The molecule has 0 amide bonds. The summed E-state index contributed by atoms with van der Waals surface area (Å²) in [5.74, 6) is 1.40. The lowest BCUT2D eigenvalue weighted by molar-refractivity contribution is 1.00. The van der Waals surface area contributed by atoms with E-state index in [-0.39, 0.29) is 0 Å². The molecule has 0 bridgehead atoms. The number of aromatic amines is 1. The van der Waals surface area contributed by atoms with Gasteiger partial charge in [-0.25, -0.2) is 4.98 Å². The SMILES string of the molecule is CN(C)c1nc(NCc2ccccc2)c2[nH]cnc2n1. The Balaban J connectivity index is 1.91. The van der Waals surface area contributed by atoms with Gasteiger partial charge in [-0.05, 0) is 5.56 Å². The Bertz CT molecular complexity index is 704. The summed E-state index contributed by atoms with van der Waals surface area (Å²) >= 11 is 0. The minimum Gasteiger partial charge on any atom is -0.364 e. The van der Waals surface area contributed by atoms with Crippen LogP contribution in [0.4, 0.5) is 11.8 Å². The van der Waals surface area contributed by atoms with Gasteiger partial charge in [-0.2, -0.15) is 9.97 Å². The third kappa shape index (κ3) is 2.40. The minimum atomic E-state index is 0.639. The number of imidazole rings is 1. The molecule has 0 spiro atoms. The first-order valence-corrected chi connectivity index (χ1v) is 6.40. The lowest BCUT2D eigenvalue weighted by Gasteiger charge is -2.12. The molecule has 2 N–H and O–H groups in total. The lowest BCUT2D eigenvalue weighted by Crippen LogP contribution is -2.14. The number of anilines is 2. The van der Waals surface area contributed by atoms with E-state index in [0.717, 1.165) is 11.3 Å². The van der Waals surface area contributed by atoms with Crippen LogP contribution in [0.2, 0.25) is 0 Å². The van der Waals surface area contributed by atoms with Gasteiger partial charge in [0, 0.05) is 20.6 Å². The van der Waals surface area contributed by atoms with Gasteiger partial charge >= 0.3 is 0 Å². The molecule has 3 rings (SSSR count). The molecule has 6 nitrogen and oxygen atoms in total. The molecule has 0 radical (unpaired) electrons. The van der Waals surface area contributed by atoms with Gasteiger partial charge in [0.15, 0.2) is 11.5 Å². The third-order valence-corrected chi connectivity index (χ3v) is 2.98. The van der Waals surface area contributed by atoms with Crippen molar-refractivity contribution in [3.63, 3.8) is 0 Å². The van der Waals surface area contributed by atoms with Crippen molar-refractivity contribution in [1.82, 2.24) is 19.9 Å². The van der Waals surface area contributed by atoms with Gasteiger partial charge < -0.3 is 15.2 Å². The summed E-state index contributed by atoms with van der Waals surface area (Å²) in [7, 11) is 3.82. The van der Waals surface area contributed by atoms with Crippen LogP contribution in [0.3, 0.4) is 0 Å². The summed E-state index contributed by atoms with van der Waals surface area (Å²) in [5.41, 5.74) is 2.69. The van der Waals surface area contributed by atoms with Crippen LogP contribution in [-0.4, -0.2) is 34.0 Å². The molecular weight excluding hydrogens is 252 g/mol. The van der Waals surface area contributed by atoms with Gasteiger partial charge in [0.05, 0.1) is 6.33 Å². The highest BCUT2D eigenvalue weighted by molar-refractivity contribution is 5.83. The van der Waals surface area contributed by atoms with Crippen LogP contribution in [0.5, 0.6) is 0 Å². The molecule has 0 saturated carbocycles. The van der Waals surface area contributed by atoms with E-state index < -0.39 is 0 Å². The molecule has 0 aliphatic rings. The largest absolute Gasteiger partial charge is 0.364 e. The fourth-order valence-electron chi connectivity index (χ4n) is 1.93. The highest BCUT2D eigenvalue weighted by atomic mass is 15.2. The minimum absolute atomic E-state index is 0.639. The predicted molar refractivity (Wildman–Crippen MR) is 79.8 cm³/mol. The molecule has 102 valence electrons. The van der Waals surface area contributed by atoms with E-state index in [1.54, 1.807) is 6.33 Å². The Morgan fingerprint density at radius 3 is 2.70 bits per heavy atom. The maximum Gasteiger partial charge on any atom is 0.228 e. The van der Waals surface area contributed by atoms with Gasteiger partial charge in [-0.1, -0.05) is 30.3 Å². The number of H-pyrrole nitrogens is 1. The summed E-state index contributed by atoms with van der Waals surface area (Å²) in [6.07, 6.45) is 1.63. The zero-order valence-electron chi connectivity index (χ0n) is 11.5. The summed E-state index contributed by atoms with van der Waals surface area (Å²) in [4.78, 5) is 18.0. The number of fused-ring (bicyclic) bond motifs is 1. The monoisotopic (exact) mass is 268 g/mol. The molecule has 2 heterocycles. The zero-order chi connectivity index (χ0) is 13.9. The topological polar surface area (TPSA) is 69.7 Å². The van der Waals surface area contributed by atoms with E-state index in [9.17, 15) is 0 Å². The van der Waals surface area contributed by atoms with E-state index in [0.29, 0.717) is 18.1 Å². The smallest absolute Gasteiger partial charge is 0.228 e. The molecule has 0 unspecified atom stereocenters. The molecule has 0 aliphatic heterocycles. The second kappa shape index (κ2) is 5.16. The Morgan fingerprint density at radius 2 is 1.95 bits per heavy atom.